The van der Waals surface area contributed by atoms with Crippen LogP contribution in [0.4, 0.5) is 0 Å². The van der Waals surface area contributed by atoms with Gasteiger partial charge in [0.1, 0.15) is 6.10 Å². The minimum Gasteiger partial charge on any atom is -0.466 e. The Labute approximate surface area is 95.1 Å². The van der Waals surface area contributed by atoms with Crippen molar-refractivity contribution in [3.05, 3.63) is 18.2 Å². The van der Waals surface area contributed by atoms with Crippen molar-refractivity contribution < 1.29 is 14.6 Å². The first-order valence-electron chi connectivity index (χ1n) is 5.41. The molecular weight excluding hydrogens is 208 g/mol. The zero-order valence-corrected chi connectivity index (χ0v) is 9.88. The zero-order chi connectivity index (χ0) is 12.1. The molecule has 90 valence electrons. The first-order chi connectivity index (χ1) is 7.56. The van der Waals surface area contributed by atoms with Gasteiger partial charge in [0.25, 0.3) is 0 Å². The molecule has 1 aromatic heterocycles. The molecule has 0 aliphatic rings. The first kappa shape index (κ1) is 12.7. The van der Waals surface area contributed by atoms with Gasteiger partial charge >= 0.3 is 5.97 Å². The van der Waals surface area contributed by atoms with Crippen LogP contribution in [0.2, 0.25) is 0 Å². The minimum absolute atomic E-state index is 0.0355. The predicted molar refractivity (Wildman–Crippen MR) is 58.8 cm³/mol. The maximum Gasteiger partial charge on any atom is 0.308 e. The van der Waals surface area contributed by atoms with E-state index in [1.165, 1.54) is 0 Å². The molecule has 0 saturated carbocycles. The fourth-order valence-electron chi connectivity index (χ4n) is 1.49. The van der Waals surface area contributed by atoms with Gasteiger partial charge < -0.3 is 14.4 Å². The van der Waals surface area contributed by atoms with E-state index in [1.54, 1.807) is 19.4 Å². The highest BCUT2D eigenvalue weighted by molar-refractivity contribution is 5.70. The lowest BCUT2D eigenvalue weighted by atomic mass is 10.2. The highest BCUT2D eigenvalue weighted by atomic mass is 16.5. The lowest BCUT2D eigenvalue weighted by Crippen LogP contribution is -2.14. The van der Waals surface area contributed by atoms with E-state index in [9.17, 15) is 9.90 Å². The summed E-state index contributed by atoms with van der Waals surface area (Å²) in [5.41, 5.74) is 0.642. The van der Waals surface area contributed by atoms with E-state index in [4.69, 9.17) is 4.74 Å². The maximum atomic E-state index is 11.2. The molecule has 0 fully saturated rings. The first-order valence-corrected chi connectivity index (χ1v) is 5.41. The molecule has 0 spiro atoms. The number of ether oxygens (including phenoxy) is 1. The van der Waals surface area contributed by atoms with E-state index in [0.29, 0.717) is 12.3 Å². The molecule has 0 saturated heterocycles. The Morgan fingerprint density at radius 2 is 2.31 bits per heavy atom. The van der Waals surface area contributed by atoms with Gasteiger partial charge in [0, 0.05) is 6.04 Å². The number of carbonyl (C=O) groups is 1. The molecule has 1 unspecified atom stereocenters. The molecule has 16 heavy (non-hydrogen) atoms. The average molecular weight is 226 g/mol. The summed E-state index contributed by atoms with van der Waals surface area (Å²) in [4.78, 5) is 15.2. The van der Waals surface area contributed by atoms with E-state index in [0.717, 1.165) is 0 Å². The number of aromatic nitrogens is 2. The Hall–Kier alpha value is -1.36. The molecule has 0 aliphatic carbocycles. The van der Waals surface area contributed by atoms with Gasteiger partial charge in [-0.05, 0) is 20.8 Å². The second-order valence-electron chi connectivity index (χ2n) is 3.84. The number of carbonyl (C=O) groups excluding carboxylic acids is 1. The topological polar surface area (TPSA) is 64.3 Å². The van der Waals surface area contributed by atoms with Gasteiger partial charge in [-0.3, -0.25) is 4.79 Å². The number of nitrogens with zero attached hydrogens (tertiary/aromatic N) is 2. The normalized spacial score (nSPS) is 12.8. The maximum absolute atomic E-state index is 11.2. The number of rotatable bonds is 5. The van der Waals surface area contributed by atoms with Crippen LogP contribution in [0.1, 0.15) is 45.0 Å². The lowest BCUT2D eigenvalue weighted by molar-refractivity contribution is -0.145. The Balaban J connectivity index is 2.69. The van der Waals surface area contributed by atoms with E-state index >= 15 is 0 Å². The predicted octanol–water partition coefficient (Wildman–Crippen LogP) is 1.45. The molecule has 1 atom stereocenters. The highest BCUT2D eigenvalue weighted by Crippen LogP contribution is 2.20. The van der Waals surface area contributed by atoms with Crippen LogP contribution in [0.5, 0.6) is 0 Å². The lowest BCUT2D eigenvalue weighted by Gasteiger charge is -2.15. The molecule has 1 heterocycles. The molecule has 1 aromatic rings. The molecule has 5 nitrogen and oxygen atoms in total. The van der Waals surface area contributed by atoms with Crippen molar-refractivity contribution in [2.45, 2.75) is 39.3 Å². The van der Waals surface area contributed by atoms with Gasteiger partial charge in [0.15, 0.2) is 0 Å². The summed E-state index contributed by atoms with van der Waals surface area (Å²) < 4.78 is 6.62. The minimum atomic E-state index is -0.857. The summed E-state index contributed by atoms with van der Waals surface area (Å²) in [5, 5.41) is 9.87. The van der Waals surface area contributed by atoms with E-state index in [-0.39, 0.29) is 12.5 Å². The quantitative estimate of drug-likeness (QED) is 0.772. The summed E-state index contributed by atoms with van der Waals surface area (Å²) in [6.07, 6.45) is 2.33. The zero-order valence-electron chi connectivity index (χ0n) is 9.88. The average Bonchev–Trinajstić information content (AvgIpc) is 2.65. The number of esters is 1. The van der Waals surface area contributed by atoms with E-state index in [2.05, 4.69) is 4.98 Å². The van der Waals surface area contributed by atoms with Gasteiger partial charge in [-0.2, -0.15) is 0 Å². The van der Waals surface area contributed by atoms with Crippen molar-refractivity contribution in [1.82, 2.24) is 9.55 Å². The fourth-order valence-corrected chi connectivity index (χ4v) is 1.49. The van der Waals surface area contributed by atoms with Crippen LogP contribution >= 0.6 is 0 Å². The number of aliphatic hydroxyl groups is 1. The third kappa shape index (κ3) is 3.06. The van der Waals surface area contributed by atoms with Crippen molar-refractivity contribution in [2.24, 2.45) is 0 Å². The Morgan fingerprint density at radius 3 is 2.88 bits per heavy atom. The molecule has 0 bridgehead atoms. The smallest absolute Gasteiger partial charge is 0.308 e. The highest BCUT2D eigenvalue weighted by Gasteiger charge is 2.18. The van der Waals surface area contributed by atoms with Gasteiger partial charge in [0.2, 0.25) is 0 Å². The van der Waals surface area contributed by atoms with Crippen LogP contribution in [0.15, 0.2) is 12.5 Å². The SMILES string of the molecule is CCOC(=O)CC(O)c1cncn1C(C)C. The van der Waals surface area contributed by atoms with Gasteiger partial charge in [-0.1, -0.05) is 0 Å². The molecule has 0 amide bonds. The van der Waals surface area contributed by atoms with Crippen LogP contribution in [-0.2, 0) is 9.53 Å². The standard InChI is InChI=1S/C11H18N2O3/c1-4-16-11(15)5-10(14)9-6-12-7-13(9)8(2)3/h6-8,10,14H,4-5H2,1-3H3. The Bertz CT molecular complexity index is 347. The Morgan fingerprint density at radius 1 is 1.62 bits per heavy atom. The van der Waals surface area contributed by atoms with Gasteiger partial charge in [-0.25, -0.2) is 4.98 Å². The van der Waals surface area contributed by atoms with Crippen molar-refractivity contribution in [3.63, 3.8) is 0 Å². The third-order valence-electron chi connectivity index (χ3n) is 2.26. The van der Waals surface area contributed by atoms with Gasteiger partial charge in [0.05, 0.1) is 31.2 Å². The molecule has 0 radical (unpaired) electrons. The van der Waals surface area contributed by atoms with Crippen LogP contribution < -0.4 is 0 Å². The number of hydrogen-bond donors (Lipinski definition) is 1. The van der Waals surface area contributed by atoms with Crippen molar-refractivity contribution >= 4 is 5.97 Å². The molecule has 1 N–H and O–H groups in total. The molecule has 5 heteroatoms. The number of imidazole rings is 1. The van der Waals surface area contributed by atoms with Gasteiger partial charge in [-0.15, -0.1) is 0 Å². The second-order valence-corrected chi connectivity index (χ2v) is 3.84. The largest absolute Gasteiger partial charge is 0.466 e. The van der Waals surface area contributed by atoms with Crippen LogP contribution in [0, 0.1) is 0 Å². The number of hydrogen-bond acceptors (Lipinski definition) is 4. The Kier molecular flexibility index (Phi) is 4.49. The fraction of sp³-hybridized carbons (Fsp3) is 0.636. The van der Waals surface area contributed by atoms with Crippen molar-refractivity contribution in [2.75, 3.05) is 6.61 Å². The summed E-state index contributed by atoms with van der Waals surface area (Å²) in [7, 11) is 0. The van der Waals surface area contributed by atoms with Crippen LogP contribution in [0.25, 0.3) is 0 Å². The second kappa shape index (κ2) is 5.65. The van der Waals surface area contributed by atoms with Crippen molar-refractivity contribution in [1.29, 1.82) is 0 Å². The van der Waals surface area contributed by atoms with Crippen LogP contribution in [0.3, 0.4) is 0 Å². The third-order valence-corrected chi connectivity index (χ3v) is 2.26. The molecule has 0 aromatic carbocycles. The monoisotopic (exact) mass is 226 g/mol. The molecular formula is C11H18N2O3. The summed E-state index contributed by atoms with van der Waals surface area (Å²) >= 11 is 0. The molecule has 0 aliphatic heterocycles. The summed E-state index contributed by atoms with van der Waals surface area (Å²) in [6, 6.07) is 0.203. The van der Waals surface area contributed by atoms with E-state index in [1.807, 2.05) is 18.4 Å². The number of aliphatic hydroxyl groups excluding tert-OH is 1. The van der Waals surface area contributed by atoms with Crippen LogP contribution in [-0.4, -0.2) is 27.2 Å². The summed E-state index contributed by atoms with van der Waals surface area (Å²) in [6.45, 7) is 6.04. The van der Waals surface area contributed by atoms with E-state index < -0.39 is 12.1 Å². The molecule has 1 rings (SSSR count). The summed E-state index contributed by atoms with van der Waals surface area (Å²) in [5.74, 6) is -0.397. The van der Waals surface area contributed by atoms with Crippen molar-refractivity contribution in [3.8, 4) is 0 Å².